The molecule has 47 heavy (non-hydrogen) atoms. The highest BCUT2D eigenvalue weighted by Crippen LogP contribution is 2.49. The normalized spacial score (nSPS) is 18.0. The Morgan fingerprint density at radius 2 is 1.62 bits per heavy atom. The molecule has 5 amide bonds. The molecule has 1 aliphatic rings. The maximum absolute atomic E-state index is 14.6. The maximum Gasteiger partial charge on any atom is 0.336 e. The molecule has 3 rings (SSSR count). The lowest BCUT2D eigenvalue weighted by atomic mass is 9.69. The molecule has 2 aromatic rings. The minimum atomic E-state index is -2.07. The van der Waals surface area contributed by atoms with Crippen LogP contribution in [0.15, 0.2) is 60.7 Å². The van der Waals surface area contributed by atoms with E-state index < -0.39 is 60.4 Å². The number of imide groups is 1. The van der Waals surface area contributed by atoms with Gasteiger partial charge in [-0.15, -0.1) is 0 Å². The highest BCUT2D eigenvalue weighted by atomic mass is 31.1. The van der Waals surface area contributed by atoms with Gasteiger partial charge in [-0.2, -0.15) is 0 Å². The van der Waals surface area contributed by atoms with Gasteiger partial charge in [-0.3, -0.25) is 28.9 Å². The topological polar surface area (TPSA) is 159 Å². The van der Waals surface area contributed by atoms with Crippen LogP contribution in [-0.2, 0) is 35.0 Å². The van der Waals surface area contributed by atoms with Crippen molar-refractivity contribution in [3.63, 3.8) is 0 Å². The fourth-order valence-corrected chi connectivity index (χ4v) is 7.60. The number of nitrogens with two attached hydrogens (primary N) is 1. The van der Waals surface area contributed by atoms with Gasteiger partial charge in [0.05, 0.1) is 5.54 Å². The molecule has 2 unspecified atom stereocenters. The highest BCUT2D eigenvalue weighted by molar-refractivity contribution is 7.26. The zero-order valence-electron chi connectivity index (χ0n) is 28.3. The second-order valence-electron chi connectivity index (χ2n) is 13.0. The van der Waals surface area contributed by atoms with Crippen molar-refractivity contribution in [1.29, 1.82) is 0 Å². The van der Waals surface area contributed by atoms with Gasteiger partial charge in [0.15, 0.2) is 5.54 Å². The minimum absolute atomic E-state index is 0.0780. The molecular weight excluding hydrogens is 617 g/mol. The Labute approximate surface area is 279 Å². The van der Waals surface area contributed by atoms with Gasteiger partial charge in [-0.05, 0) is 77.5 Å². The molecule has 0 radical (unpaired) electrons. The van der Waals surface area contributed by atoms with Crippen LogP contribution in [0, 0.1) is 0 Å². The molecule has 0 bridgehead atoms. The highest BCUT2D eigenvalue weighted by Gasteiger charge is 2.70. The third-order valence-corrected chi connectivity index (χ3v) is 11.2. The SMILES string of the molecule is CCC([PH+]=O)(C(C)(C)N)[C@@](C)(C(=O)Nc1ccccc1)N(C(=O)CCCc1ccccc1)C(=O)[C@H](C)NC(=O)[C@@H]1CCCN1C(C)=O. The summed E-state index contributed by atoms with van der Waals surface area (Å²) in [7, 11) is -1.19. The Morgan fingerprint density at radius 3 is 2.15 bits per heavy atom. The molecule has 11 nitrogen and oxygen atoms in total. The summed E-state index contributed by atoms with van der Waals surface area (Å²) in [5.41, 5.74) is 4.73. The Kier molecular flexibility index (Phi) is 12.6. The van der Waals surface area contributed by atoms with E-state index in [9.17, 15) is 28.5 Å². The van der Waals surface area contributed by atoms with E-state index in [-0.39, 0.29) is 18.7 Å². The second kappa shape index (κ2) is 15.8. The number of nitrogens with one attached hydrogen (secondary N) is 2. The molecular formula is C35H49N5O6P+. The number of hydrogen-bond donors (Lipinski definition) is 3. The van der Waals surface area contributed by atoms with Gasteiger partial charge in [0.25, 0.3) is 11.8 Å². The Hall–Kier alpha value is -3.95. The first kappa shape index (κ1) is 37.5. The van der Waals surface area contributed by atoms with Crippen molar-refractivity contribution >= 4 is 43.7 Å². The van der Waals surface area contributed by atoms with Gasteiger partial charge in [0.2, 0.25) is 22.9 Å². The van der Waals surface area contributed by atoms with Crippen molar-refractivity contribution in [3.8, 4) is 0 Å². The Balaban J connectivity index is 2.12. The number of aryl methyl sites for hydroxylation is 1. The average Bonchev–Trinajstić information content (AvgIpc) is 3.53. The van der Waals surface area contributed by atoms with Crippen LogP contribution in [0.1, 0.15) is 79.2 Å². The van der Waals surface area contributed by atoms with Gasteiger partial charge >= 0.3 is 8.46 Å². The summed E-state index contributed by atoms with van der Waals surface area (Å²) >= 11 is 0. The largest absolute Gasteiger partial charge is 0.343 e. The summed E-state index contributed by atoms with van der Waals surface area (Å²) in [5.74, 6) is -3.03. The summed E-state index contributed by atoms with van der Waals surface area (Å²) in [5, 5.41) is 3.93. The molecule has 1 saturated heterocycles. The monoisotopic (exact) mass is 666 g/mol. The molecule has 1 fully saturated rings. The lowest BCUT2D eigenvalue weighted by molar-refractivity contribution is -0.161. The fraction of sp³-hybridized carbons (Fsp3) is 0.514. The minimum Gasteiger partial charge on any atom is -0.343 e. The molecule has 0 aromatic heterocycles. The molecule has 0 saturated carbocycles. The van der Waals surface area contributed by atoms with Crippen molar-refractivity contribution in [2.45, 2.75) is 108 Å². The number of rotatable bonds is 14. The first-order valence-electron chi connectivity index (χ1n) is 16.2. The number of benzene rings is 2. The zero-order chi connectivity index (χ0) is 35.0. The molecule has 12 heteroatoms. The second-order valence-corrected chi connectivity index (χ2v) is 14.0. The van der Waals surface area contributed by atoms with E-state index in [0.717, 1.165) is 10.5 Å². The van der Waals surface area contributed by atoms with Crippen LogP contribution >= 0.6 is 8.46 Å². The van der Waals surface area contributed by atoms with Gasteiger partial charge < -0.3 is 21.3 Å². The maximum atomic E-state index is 14.6. The van der Waals surface area contributed by atoms with Crippen LogP contribution in [0.4, 0.5) is 5.69 Å². The summed E-state index contributed by atoms with van der Waals surface area (Å²) in [6, 6.07) is 16.1. The first-order chi connectivity index (χ1) is 22.1. The van der Waals surface area contributed by atoms with Crippen LogP contribution in [-0.4, -0.2) is 74.2 Å². The fourth-order valence-electron chi connectivity index (χ4n) is 6.76. The van der Waals surface area contributed by atoms with E-state index in [1.54, 1.807) is 51.1 Å². The van der Waals surface area contributed by atoms with Crippen LogP contribution in [0.5, 0.6) is 0 Å². The van der Waals surface area contributed by atoms with Gasteiger partial charge in [0, 0.05) is 25.6 Å². The molecule has 1 heterocycles. The zero-order valence-corrected chi connectivity index (χ0v) is 29.3. The van der Waals surface area contributed by atoms with E-state index in [4.69, 9.17) is 5.73 Å². The summed E-state index contributed by atoms with van der Waals surface area (Å²) in [4.78, 5) is 71.4. The van der Waals surface area contributed by atoms with E-state index in [1.165, 1.54) is 25.7 Å². The Morgan fingerprint density at radius 1 is 1.02 bits per heavy atom. The summed E-state index contributed by atoms with van der Waals surface area (Å²) in [6.45, 7) is 9.65. The van der Waals surface area contributed by atoms with Crippen LogP contribution in [0.25, 0.3) is 0 Å². The number of para-hydroxylation sites is 1. The number of amides is 5. The first-order valence-corrected chi connectivity index (χ1v) is 17.1. The standard InChI is InChI=1S/C35H48N5O6P/c1-7-35(47-46,33(4,5)36)34(6,32(45)38-27-19-12-9-13-20-27)40(29(42)22-14-18-26-16-10-8-11-17-26)31(44)24(2)37-30(43)28-21-15-23-39(28)25(3)41/h8-13,16-17,19-20,24,28H,7,14-15,18,21-23,36H2,1-6H3,(H,37,43)(H,38,45)/p+1/t24-,28-,34+,35?/m0/s1. The van der Waals surface area contributed by atoms with E-state index >= 15 is 0 Å². The lowest BCUT2D eigenvalue weighted by Crippen LogP contribution is -2.77. The van der Waals surface area contributed by atoms with Crippen LogP contribution in [0.2, 0.25) is 0 Å². The number of anilines is 1. The smallest absolute Gasteiger partial charge is 0.336 e. The van der Waals surface area contributed by atoms with Gasteiger partial charge in [0.1, 0.15) is 12.1 Å². The molecule has 4 N–H and O–H groups in total. The quantitative estimate of drug-likeness (QED) is 0.255. The molecule has 0 aliphatic carbocycles. The van der Waals surface area contributed by atoms with Crippen molar-refractivity contribution in [2.24, 2.45) is 5.73 Å². The predicted molar refractivity (Wildman–Crippen MR) is 183 cm³/mol. The molecule has 254 valence electrons. The molecule has 0 spiro atoms. The number of carbonyl (C=O) groups excluding carboxylic acids is 5. The van der Waals surface area contributed by atoms with Gasteiger partial charge in [-0.1, -0.05) is 60.0 Å². The van der Waals surface area contributed by atoms with Gasteiger partial charge in [-0.25, -0.2) is 0 Å². The third-order valence-electron chi connectivity index (χ3n) is 9.41. The van der Waals surface area contributed by atoms with Crippen LogP contribution in [0.3, 0.4) is 0 Å². The third kappa shape index (κ3) is 7.96. The van der Waals surface area contributed by atoms with Crippen molar-refractivity contribution in [2.75, 3.05) is 11.9 Å². The van der Waals surface area contributed by atoms with E-state index in [0.29, 0.717) is 37.9 Å². The lowest BCUT2D eigenvalue weighted by Gasteiger charge is -2.50. The number of carbonyl (C=O) groups is 5. The predicted octanol–water partition coefficient (Wildman–Crippen LogP) is 4.19. The molecule has 5 atom stereocenters. The average molecular weight is 667 g/mol. The van der Waals surface area contributed by atoms with Crippen molar-refractivity contribution < 1.29 is 28.5 Å². The van der Waals surface area contributed by atoms with Crippen molar-refractivity contribution in [3.05, 3.63) is 66.2 Å². The molecule has 1 aliphatic heterocycles. The number of nitrogens with zero attached hydrogens (tertiary/aromatic N) is 2. The molecule has 2 aromatic carbocycles. The van der Waals surface area contributed by atoms with Crippen LogP contribution < -0.4 is 16.4 Å². The Bertz CT molecular complexity index is 1450. The number of hydrogen-bond acceptors (Lipinski definition) is 7. The summed E-state index contributed by atoms with van der Waals surface area (Å²) in [6.07, 6.45) is 1.95. The van der Waals surface area contributed by atoms with Crippen molar-refractivity contribution in [1.82, 2.24) is 15.1 Å². The van der Waals surface area contributed by atoms with E-state index in [2.05, 4.69) is 10.6 Å². The van der Waals surface area contributed by atoms with E-state index in [1.807, 2.05) is 30.3 Å². The number of likely N-dealkylation sites (tertiary alicyclic amines) is 1. The summed E-state index contributed by atoms with van der Waals surface area (Å²) < 4.78 is 13.4.